The maximum Gasteiger partial charge on any atom is 0.246 e. The van der Waals surface area contributed by atoms with Crippen molar-refractivity contribution in [1.82, 2.24) is 15.1 Å². The number of amides is 4. The zero-order valence-corrected chi connectivity index (χ0v) is 18.5. The van der Waals surface area contributed by atoms with Gasteiger partial charge in [-0.2, -0.15) is 0 Å². The Hall–Kier alpha value is -2.90. The summed E-state index contributed by atoms with van der Waals surface area (Å²) in [6.07, 6.45) is 11.4. The molecule has 0 aromatic carbocycles. The van der Waals surface area contributed by atoms with Crippen molar-refractivity contribution < 1.29 is 19.2 Å². The molecule has 0 spiro atoms. The molecule has 0 aromatic rings. The smallest absolute Gasteiger partial charge is 0.246 e. The van der Waals surface area contributed by atoms with E-state index in [-0.39, 0.29) is 17.7 Å². The van der Waals surface area contributed by atoms with Gasteiger partial charge in [0, 0.05) is 19.7 Å². The summed E-state index contributed by atoms with van der Waals surface area (Å²) in [5, 5.41) is 2.69. The highest BCUT2D eigenvalue weighted by atomic mass is 16.2. The maximum atomic E-state index is 12.9. The van der Waals surface area contributed by atoms with E-state index < -0.39 is 29.9 Å². The number of hydrogen-bond acceptors (Lipinski definition) is 4. The summed E-state index contributed by atoms with van der Waals surface area (Å²) < 4.78 is 0. The number of allylic oxidation sites excluding steroid dienone is 5. The molecular weight excluding hydrogens is 384 g/mol. The number of nitrogens with one attached hydrogen (secondary N) is 1. The molecule has 0 saturated carbocycles. The third-order valence-electron chi connectivity index (χ3n) is 5.02. The van der Waals surface area contributed by atoms with Crippen molar-refractivity contribution in [2.75, 3.05) is 13.6 Å². The largest absolute Gasteiger partial charge is 0.368 e. The summed E-state index contributed by atoms with van der Waals surface area (Å²) in [6, 6.07) is -2.22. The number of nitrogens with zero attached hydrogens (tertiary/aromatic N) is 2. The van der Waals surface area contributed by atoms with E-state index in [4.69, 9.17) is 5.73 Å². The first-order chi connectivity index (χ1) is 14.1. The first kappa shape index (κ1) is 25.1. The van der Waals surface area contributed by atoms with Crippen molar-refractivity contribution in [1.29, 1.82) is 0 Å². The fraction of sp³-hybridized carbons (Fsp3) is 0.545. The van der Waals surface area contributed by atoms with Gasteiger partial charge in [0.1, 0.15) is 18.1 Å². The Bertz CT molecular complexity index is 727. The Morgan fingerprint density at radius 2 is 1.73 bits per heavy atom. The first-order valence-corrected chi connectivity index (χ1v) is 10.2. The van der Waals surface area contributed by atoms with Crippen molar-refractivity contribution in [2.24, 2.45) is 11.7 Å². The minimum Gasteiger partial charge on any atom is -0.368 e. The van der Waals surface area contributed by atoms with Gasteiger partial charge in [0.25, 0.3) is 0 Å². The van der Waals surface area contributed by atoms with Crippen molar-refractivity contribution in [2.45, 2.75) is 58.7 Å². The van der Waals surface area contributed by atoms with Gasteiger partial charge in [-0.15, -0.1) is 0 Å². The maximum absolute atomic E-state index is 12.9. The van der Waals surface area contributed by atoms with Gasteiger partial charge in [-0.25, -0.2) is 0 Å². The van der Waals surface area contributed by atoms with Crippen LogP contribution in [0, 0.1) is 5.92 Å². The molecule has 8 heteroatoms. The molecule has 0 aromatic heterocycles. The van der Waals surface area contributed by atoms with Crippen LogP contribution < -0.4 is 11.1 Å². The van der Waals surface area contributed by atoms with Crippen molar-refractivity contribution in [3.63, 3.8) is 0 Å². The van der Waals surface area contributed by atoms with E-state index in [2.05, 4.69) is 5.32 Å². The lowest BCUT2D eigenvalue weighted by atomic mass is 10.0. The first-order valence-electron chi connectivity index (χ1n) is 10.2. The molecule has 8 nitrogen and oxygen atoms in total. The second-order valence-corrected chi connectivity index (χ2v) is 7.73. The molecule has 1 heterocycles. The number of primary amides is 1. The van der Waals surface area contributed by atoms with E-state index >= 15 is 0 Å². The minimum absolute atomic E-state index is 0.168. The summed E-state index contributed by atoms with van der Waals surface area (Å²) in [4.78, 5) is 52.4. The van der Waals surface area contributed by atoms with Crippen molar-refractivity contribution in [3.8, 4) is 0 Å². The highest BCUT2D eigenvalue weighted by Crippen LogP contribution is 2.18. The lowest BCUT2D eigenvalue weighted by molar-refractivity contribution is -0.142. The number of rotatable bonds is 9. The van der Waals surface area contributed by atoms with E-state index in [9.17, 15) is 19.2 Å². The van der Waals surface area contributed by atoms with E-state index in [1.807, 2.05) is 32.9 Å². The van der Waals surface area contributed by atoms with Crippen molar-refractivity contribution >= 4 is 23.6 Å². The zero-order chi connectivity index (χ0) is 22.8. The molecule has 3 atom stereocenters. The molecule has 3 N–H and O–H groups in total. The van der Waals surface area contributed by atoms with Crippen LogP contribution in [0.5, 0.6) is 0 Å². The average molecular weight is 419 g/mol. The molecule has 166 valence electrons. The fourth-order valence-electron chi connectivity index (χ4n) is 3.49. The molecule has 1 aliphatic heterocycles. The number of carbonyl (C=O) groups excluding carboxylic acids is 4. The minimum atomic E-state index is -0.832. The monoisotopic (exact) mass is 418 g/mol. The predicted molar refractivity (Wildman–Crippen MR) is 116 cm³/mol. The Morgan fingerprint density at radius 3 is 2.30 bits per heavy atom. The molecule has 1 saturated heterocycles. The van der Waals surface area contributed by atoms with Crippen LogP contribution in [0.4, 0.5) is 0 Å². The summed E-state index contributed by atoms with van der Waals surface area (Å²) in [6.45, 7) is 7.56. The SMILES string of the molecule is CC=CC=CC=CC(=O)N(C)C(C(=O)NC(C)C(=O)N1CCCC1C(N)=O)C(C)C. The van der Waals surface area contributed by atoms with E-state index in [1.54, 1.807) is 32.2 Å². The highest BCUT2D eigenvalue weighted by molar-refractivity contribution is 5.96. The van der Waals surface area contributed by atoms with E-state index in [0.717, 1.165) is 0 Å². The topological polar surface area (TPSA) is 113 Å². The van der Waals surface area contributed by atoms with Crippen molar-refractivity contribution in [3.05, 3.63) is 36.5 Å². The molecule has 1 rings (SSSR count). The Morgan fingerprint density at radius 1 is 1.10 bits per heavy atom. The van der Waals surface area contributed by atoms with Crippen LogP contribution in [0.3, 0.4) is 0 Å². The van der Waals surface area contributed by atoms with Gasteiger partial charge < -0.3 is 20.9 Å². The summed E-state index contributed by atoms with van der Waals surface area (Å²) in [5.74, 6) is -1.80. The molecule has 4 amide bonds. The Labute approximate surface area is 178 Å². The van der Waals surface area contributed by atoms with Gasteiger partial charge in [-0.05, 0) is 32.6 Å². The molecular formula is C22H34N4O4. The Balaban J connectivity index is 2.82. The van der Waals surface area contributed by atoms with Gasteiger partial charge in [0.15, 0.2) is 0 Å². The summed E-state index contributed by atoms with van der Waals surface area (Å²) >= 11 is 0. The predicted octanol–water partition coefficient (Wildman–Crippen LogP) is 1.14. The Kier molecular flexibility index (Phi) is 10.0. The molecule has 1 fully saturated rings. The normalized spacial score (nSPS) is 19.0. The fourth-order valence-corrected chi connectivity index (χ4v) is 3.49. The summed E-state index contributed by atoms with van der Waals surface area (Å²) in [7, 11) is 1.56. The third kappa shape index (κ3) is 6.86. The second-order valence-electron chi connectivity index (χ2n) is 7.73. The van der Waals surface area contributed by atoms with Gasteiger partial charge in [-0.3, -0.25) is 19.2 Å². The second kappa shape index (κ2) is 11.9. The van der Waals surface area contributed by atoms with Crippen LogP contribution in [-0.4, -0.2) is 65.1 Å². The number of nitrogens with two attached hydrogens (primary N) is 1. The number of hydrogen-bond donors (Lipinski definition) is 2. The van der Waals surface area contributed by atoms with Crippen LogP contribution in [0.1, 0.15) is 40.5 Å². The van der Waals surface area contributed by atoms with E-state index in [1.165, 1.54) is 15.9 Å². The third-order valence-corrected chi connectivity index (χ3v) is 5.02. The van der Waals surface area contributed by atoms with Gasteiger partial charge in [0.05, 0.1) is 0 Å². The zero-order valence-electron chi connectivity index (χ0n) is 18.5. The van der Waals surface area contributed by atoms with Crippen LogP contribution in [-0.2, 0) is 19.2 Å². The average Bonchev–Trinajstić information content (AvgIpc) is 3.16. The van der Waals surface area contributed by atoms with Gasteiger partial charge in [0.2, 0.25) is 23.6 Å². The lowest BCUT2D eigenvalue weighted by Gasteiger charge is -2.31. The molecule has 0 aliphatic carbocycles. The summed E-state index contributed by atoms with van der Waals surface area (Å²) in [5.41, 5.74) is 5.38. The van der Waals surface area contributed by atoms with Gasteiger partial charge in [-0.1, -0.05) is 44.2 Å². The molecule has 0 radical (unpaired) electrons. The molecule has 0 bridgehead atoms. The van der Waals surface area contributed by atoms with Crippen LogP contribution in [0.2, 0.25) is 0 Å². The van der Waals surface area contributed by atoms with Crippen LogP contribution in [0.25, 0.3) is 0 Å². The quantitative estimate of drug-likeness (QED) is 0.432. The molecule has 3 unspecified atom stereocenters. The number of likely N-dealkylation sites (tertiary alicyclic amines) is 1. The number of likely N-dealkylation sites (N-methyl/N-ethyl adjacent to an activating group) is 1. The van der Waals surface area contributed by atoms with E-state index in [0.29, 0.717) is 19.4 Å². The lowest BCUT2D eigenvalue weighted by Crippen LogP contribution is -2.56. The van der Waals surface area contributed by atoms with Crippen LogP contribution >= 0.6 is 0 Å². The number of carbonyl (C=O) groups is 4. The molecule has 30 heavy (non-hydrogen) atoms. The highest BCUT2D eigenvalue weighted by Gasteiger charge is 2.36. The molecule has 1 aliphatic rings. The standard InChI is InChI=1S/C22H34N4O4/c1-6-7-8-9-10-13-18(27)25(5)19(15(2)3)21(29)24-16(4)22(30)26-14-11-12-17(26)20(23)28/h6-10,13,15-17,19H,11-12,14H2,1-5H3,(H2,23,28)(H,24,29). The van der Waals surface area contributed by atoms with Gasteiger partial charge >= 0.3 is 0 Å². The van der Waals surface area contributed by atoms with Crippen LogP contribution in [0.15, 0.2) is 36.5 Å².